The van der Waals surface area contributed by atoms with Gasteiger partial charge in [0.25, 0.3) is 0 Å². The molecule has 1 rings (SSSR count). The fourth-order valence-corrected chi connectivity index (χ4v) is 1.65. The maximum atomic E-state index is 11.6. The zero-order chi connectivity index (χ0) is 15.3. The highest BCUT2D eigenvalue weighted by atomic mass is 16.5. The third kappa shape index (κ3) is 3.46. The molecule has 0 fully saturated rings. The van der Waals surface area contributed by atoms with E-state index in [2.05, 4.69) is 9.47 Å². The molecule has 0 aliphatic heterocycles. The Labute approximate surface area is 115 Å². The number of esters is 2. The van der Waals surface area contributed by atoms with Gasteiger partial charge in [-0.25, -0.2) is 9.59 Å². The number of aliphatic hydroxyl groups excluding tert-OH is 2. The Kier molecular flexibility index (Phi) is 5.48. The van der Waals surface area contributed by atoms with Gasteiger partial charge < -0.3 is 25.4 Å². The van der Waals surface area contributed by atoms with Gasteiger partial charge in [0.2, 0.25) is 0 Å². The summed E-state index contributed by atoms with van der Waals surface area (Å²) in [6.45, 7) is 1.63. The molecule has 2 atom stereocenters. The summed E-state index contributed by atoms with van der Waals surface area (Å²) in [6.07, 6.45) is -3.43. The number of anilines is 1. The van der Waals surface area contributed by atoms with Crippen LogP contribution in [-0.2, 0) is 14.3 Å². The monoisotopic (exact) mass is 283 g/mol. The van der Waals surface area contributed by atoms with Gasteiger partial charge in [-0.05, 0) is 24.6 Å². The largest absolute Gasteiger partial charge is 0.465 e. The van der Waals surface area contributed by atoms with Gasteiger partial charge in [-0.3, -0.25) is 0 Å². The highest BCUT2D eigenvalue weighted by Gasteiger charge is 2.30. The molecule has 0 aliphatic rings. The Balaban J connectivity index is 3.12. The zero-order valence-corrected chi connectivity index (χ0v) is 11.2. The van der Waals surface area contributed by atoms with Crippen LogP contribution in [0.15, 0.2) is 18.2 Å². The summed E-state index contributed by atoms with van der Waals surface area (Å²) in [5.41, 5.74) is 5.85. The number of ether oxygens (including phenoxy) is 2. The molecule has 0 aliphatic carbocycles. The van der Waals surface area contributed by atoms with Crippen molar-refractivity contribution in [1.29, 1.82) is 0 Å². The van der Waals surface area contributed by atoms with Crippen LogP contribution in [0.5, 0.6) is 0 Å². The summed E-state index contributed by atoms with van der Waals surface area (Å²) in [6, 6.07) is 4.07. The van der Waals surface area contributed by atoms with Gasteiger partial charge in [-0.15, -0.1) is 0 Å². The quantitative estimate of drug-likeness (QED) is 0.514. The van der Waals surface area contributed by atoms with E-state index in [1.165, 1.54) is 25.3 Å². The molecule has 0 heterocycles. The molecule has 0 saturated heterocycles. The standard InChI is InChI=1S/C13H17NO6/c1-3-20-13(18)11(16)10(15)8-5-4-7(14)6-9(8)12(17)19-2/h4-6,10-11,15-16H,3,14H2,1-2H3. The van der Waals surface area contributed by atoms with Crippen LogP contribution < -0.4 is 5.73 Å². The van der Waals surface area contributed by atoms with E-state index in [1.54, 1.807) is 6.92 Å². The molecule has 2 unspecified atom stereocenters. The van der Waals surface area contributed by atoms with E-state index in [-0.39, 0.29) is 23.4 Å². The first kappa shape index (κ1) is 15.9. The van der Waals surface area contributed by atoms with Crippen LogP contribution in [0.4, 0.5) is 5.69 Å². The van der Waals surface area contributed by atoms with Gasteiger partial charge in [0.15, 0.2) is 6.10 Å². The van der Waals surface area contributed by atoms with E-state index >= 15 is 0 Å². The normalized spacial score (nSPS) is 13.4. The van der Waals surface area contributed by atoms with E-state index in [4.69, 9.17) is 5.73 Å². The number of nitrogen functional groups attached to an aromatic ring is 1. The second-order valence-electron chi connectivity index (χ2n) is 3.98. The van der Waals surface area contributed by atoms with Gasteiger partial charge >= 0.3 is 11.9 Å². The second kappa shape index (κ2) is 6.88. The van der Waals surface area contributed by atoms with Crippen LogP contribution >= 0.6 is 0 Å². The summed E-state index contributed by atoms with van der Waals surface area (Å²) < 4.78 is 9.17. The van der Waals surface area contributed by atoms with Crippen LogP contribution in [-0.4, -0.2) is 42.0 Å². The second-order valence-corrected chi connectivity index (χ2v) is 3.98. The van der Waals surface area contributed by atoms with E-state index in [0.717, 1.165) is 0 Å². The van der Waals surface area contributed by atoms with Crippen molar-refractivity contribution in [2.75, 3.05) is 19.5 Å². The fraction of sp³-hybridized carbons (Fsp3) is 0.385. The minimum absolute atomic E-state index is 0.0247. The van der Waals surface area contributed by atoms with Crippen LogP contribution in [0.2, 0.25) is 0 Å². The van der Waals surface area contributed by atoms with Crippen molar-refractivity contribution in [2.24, 2.45) is 0 Å². The van der Waals surface area contributed by atoms with Gasteiger partial charge in [-0.2, -0.15) is 0 Å². The molecule has 20 heavy (non-hydrogen) atoms. The molecule has 0 spiro atoms. The summed E-state index contributed by atoms with van der Waals surface area (Å²) in [5, 5.41) is 19.7. The summed E-state index contributed by atoms with van der Waals surface area (Å²) >= 11 is 0. The van der Waals surface area contributed by atoms with Gasteiger partial charge in [0.05, 0.1) is 19.3 Å². The van der Waals surface area contributed by atoms with Crippen LogP contribution in [0.3, 0.4) is 0 Å². The lowest BCUT2D eigenvalue weighted by Gasteiger charge is -2.19. The van der Waals surface area contributed by atoms with Crippen molar-refractivity contribution in [3.8, 4) is 0 Å². The Bertz CT molecular complexity index is 502. The number of benzene rings is 1. The molecule has 0 amide bonds. The number of carbonyl (C=O) groups excluding carboxylic acids is 2. The zero-order valence-electron chi connectivity index (χ0n) is 11.2. The Hall–Kier alpha value is -2.12. The Morgan fingerprint density at radius 1 is 1.35 bits per heavy atom. The minimum Gasteiger partial charge on any atom is -0.465 e. The summed E-state index contributed by atoms with van der Waals surface area (Å²) in [4.78, 5) is 23.0. The van der Waals surface area contributed by atoms with Crippen LogP contribution in [0.25, 0.3) is 0 Å². The molecule has 0 bridgehead atoms. The molecule has 0 saturated carbocycles. The summed E-state index contributed by atoms with van der Waals surface area (Å²) in [5.74, 6) is -1.71. The SMILES string of the molecule is CCOC(=O)C(O)C(O)c1ccc(N)cc1C(=O)OC. The average molecular weight is 283 g/mol. The van der Waals surface area contributed by atoms with Crippen molar-refractivity contribution in [3.63, 3.8) is 0 Å². The Morgan fingerprint density at radius 3 is 2.55 bits per heavy atom. The fourth-order valence-electron chi connectivity index (χ4n) is 1.65. The third-order valence-corrected chi connectivity index (χ3v) is 2.63. The first-order valence-electron chi connectivity index (χ1n) is 5.92. The number of rotatable bonds is 5. The maximum absolute atomic E-state index is 11.6. The van der Waals surface area contributed by atoms with Gasteiger partial charge in [0.1, 0.15) is 6.10 Å². The predicted octanol–water partition coefficient (Wildman–Crippen LogP) is 0.0128. The van der Waals surface area contributed by atoms with E-state index in [0.29, 0.717) is 0 Å². The molecule has 1 aromatic rings. The lowest BCUT2D eigenvalue weighted by molar-refractivity contribution is -0.159. The topological polar surface area (TPSA) is 119 Å². The molecular formula is C13H17NO6. The predicted molar refractivity (Wildman–Crippen MR) is 69.8 cm³/mol. The molecular weight excluding hydrogens is 266 g/mol. The first-order chi connectivity index (χ1) is 9.42. The smallest absolute Gasteiger partial charge is 0.338 e. The van der Waals surface area contributed by atoms with Crippen molar-refractivity contribution in [1.82, 2.24) is 0 Å². The van der Waals surface area contributed by atoms with Crippen molar-refractivity contribution in [2.45, 2.75) is 19.1 Å². The highest BCUT2D eigenvalue weighted by Crippen LogP contribution is 2.24. The molecule has 4 N–H and O–H groups in total. The van der Waals surface area contributed by atoms with Gasteiger partial charge in [-0.1, -0.05) is 6.07 Å². The van der Waals surface area contributed by atoms with E-state index in [1.807, 2.05) is 0 Å². The van der Waals surface area contributed by atoms with Crippen LogP contribution in [0, 0.1) is 0 Å². The highest BCUT2D eigenvalue weighted by molar-refractivity contribution is 5.92. The summed E-state index contributed by atoms with van der Waals surface area (Å²) in [7, 11) is 1.17. The first-order valence-corrected chi connectivity index (χ1v) is 5.92. The molecule has 0 aromatic heterocycles. The van der Waals surface area contributed by atoms with Crippen LogP contribution in [0.1, 0.15) is 28.9 Å². The van der Waals surface area contributed by atoms with Crippen molar-refractivity contribution < 1.29 is 29.3 Å². The van der Waals surface area contributed by atoms with Gasteiger partial charge in [0, 0.05) is 5.69 Å². The molecule has 110 valence electrons. The third-order valence-electron chi connectivity index (χ3n) is 2.63. The van der Waals surface area contributed by atoms with E-state index in [9.17, 15) is 19.8 Å². The molecule has 0 radical (unpaired) electrons. The lowest BCUT2D eigenvalue weighted by atomic mass is 9.98. The van der Waals surface area contributed by atoms with Crippen molar-refractivity contribution >= 4 is 17.6 Å². The van der Waals surface area contributed by atoms with Crippen molar-refractivity contribution in [3.05, 3.63) is 29.3 Å². The average Bonchev–Trinajstić information content (AvgIpc) is 2.45. The number of hydrogen-bond donors (Lipinski definition) is 3. The van der Waals surface area contributed by atoms with E-state index < -0.39 is 24.1 Å². The number of methoxy groups -OCH3 is 1. The molecule has 7 heteroatoms. The molecule has 1 aromatic carbocycles. The lowest BCUT2D eigenvalue weighted by Crippen LogP contribution is -2.31. The molecule has 7 nitrogen and oxygen atoms in total. The number of carbonyl (C=O) groups is 2. The number of aliphatic hydroxyl groups is 2. The maximum Gasteiger partial charge on any atom is 0.338 e. The number of hydrogen-bond acceptors (Lipinski definition) is 7. The minimum atomic E-state index is -1.80. The Morgan fingerprint density at radius 2 is 2.00 bits per heavy atom. The number of nitrogens with two attached hydrogens (primary N) is 1.